The summed E-state index contributed by atoms with van der Waals surface area (Å²) in [6.45, 7) is 8.31. The van der Waals surface area contributed by atoms with E-state index in [4.69, 9.17) is 5.26 Å². The van der Waals surface area contributed by atoms with E-state index in [2.05, 4.69) is 0 Å². The minimum Gasteiger partial charge on any atom is -0.212 e. The van der Waals surface area contributed by atoms with Crippen LogP contribution >= 0.6 is 0 Å². The van der Waals surface area contributed by atoms with E-state index in [9.17, 15) is 8.42 Å². The first-order valence-corrected chi connectivity index (χ1v) is 8.35. The highest BCUT2D eigenvalue weighted by atomic mass is 32.2. The molecule has 0 aliphatic rings. The van der Waals surface area contributed by atoms with Gasteiger partial charge in [-0.1, -0.05) is 26.0 Å². The number of nitrogens with zero attached hydrogens (tertiary/aromatic N) is 2. The molecule has 0 radical (unpaired) electrons. The summed E-state index contributed by atoms with van der Waals surface area (Å²) >= 11 is 0. The van der Waals surface area contributed by atoms with Gasteiger partial charge in [0.25, 0.3) is 0 Å². The first-order valence-electron chi connectivity index (χ1n) is 6.75. The molecule has 1 aromatic carbocycles. The Morgan fingerprint density at radius 2 is 1.70 bits per heavy atom. The molecule has 0 atom stereocenters. The lowest BCUT2D eigenvalue weighted by molar-refractivity contribution is 0.318. The maximum atomic E-state index is 12.5. The average Bonchev–Trinajstić information content (AvgIpc) is 2.35. The van der Waals surface area contributed by atoms with Gasteiger partial charge in [-0.3, -0.25) is 0 Å². The number of rotatable bonds is 6. The number of benzene rings is 1. The fraction of sp³-hybridized carbons (Fsp3) is 0.533. The number of hydrogen-bond donors (Lipinski definition) is 0. The molecule has 110 valence electrons. The quantitative estimate of drug-likeness (QED) is 0.810. The van der Waals surface area contributed by atoms with Crippen molar-refractivity contribution in [2.75, 3.05) is 6.54 Å². The molecule has 0 aliphatic heterocycles. The fourth-order valence-electron chi connectivity index (χ4n) is 1.97. The monoisotopic (exact) mass is 294 g/mol. The van der Waals surface area contributed by atoms with Crippen molar-refractivity contribution in [1.29, 1.82) is 5.26 Å². The van der Waals surface area contributed by atoms with Crippen molar-refractivity contribution in [2.24, 2.45) is 5.92 Å². The van der Waals surface area contributed by atoms with Gasteiger partial charge in [0.05, 0.1) is 17.4 Å². The van der Waals surface area contributed by atoms with Gasteiger partial charge in [-0.15, -0.1) is 0 Å². The van der Waals surface area contributed by atoms with Crippen LogP contribution in [-0.2, 0) is 15.8 Å². The molecular formula is C15H22N2O2S. The van der Waals surface area contributed by atoms with Crippen molar-refractivity contribution in [3.8, 4) is 6.07 Å². The van der Waals surface area contributed by atoms with E-state index in [1.54, 1.807) is 28.6 Å². The predicted octanol–water partition coefficient (Wildman–Crippen LogP) is 2.75. The summed E-state index contributed by atoms with van der Waals surface area (Å²) < 4.78 is 26.5. The van der Waals surface area contributed by atoms with Crippen LogP contribution in [0.3, 0.4) is 0 Å². The number of nitriles is 1. The molecule has 0 fully saturated rings. The van der Waals surface area contributed by atoms with Gasteiger partial charge in [-0.25, -0.2) is 8.42 Å². The molecule has 1 aromatic rings. The van der Waals surface area contributed by atoms with E-state index >= 15 is 0 Å². The van der Waals surface area contributed by atoms with Crippen molar-refractivity contribution in [1.82, 2.24) is 4.31 Å². The number of hydrogen-bond acceptors (Lipinski definition) is 3. The second-order valence-corrected chi connectivity index (χ2v) is 7.54. The smallest absolute Gasteiger partial charge is 0.212 e. The third-order valence-electron chi connectivity index (χ3n) is 2.91. The van der Waals surface area contributed by atoms with Crippen LogP contribution in [0.5, 0.6) is 0 Å². The molecule has 20 heavy (non-hydrogen) atoms. The molecule has 0 aromatic heterocycles. The van der Waals surface area contributed by atoms with Crippen molar-refractivity contribution in [3.05, 3.63) is 35.4 Å². The second-order valence-electron chi connectivity index (χ2n) is 5.62. The van der Waals surface area contributed by atoms with E-state index in [1.807, 2.05) is 33.8 Å². The van der Waals surface area contributed by atoms with Crippen LogP contribution in [0.2, 0.25) is 0 Å². The van der Waals surface area contributed by atoms with Crippen LogP contribution in [0.4, 0.5) is 0 Å². The Bertz CT molecular complexity index is 569. The van der Waals surface area contributed by atoms with Crippen molar-refractivity contribution >= 4 is 10.0 Å². The molecule has 0 aliphatic carbocycles. The normalized spacial score (nSPS) is 12.1. The molecule has 0 spiro atoms. The molecule has 0 saturated heterocycles. The molecule has 0 heterocycles. The van der Waals surface area contributed by atoms with Crippen molar-refractivity contribution < 1.29 is 8.42 Å². The molecule has 1 rings (SSSR count). The van der Waals surface area contributed by atoms with E-state index in [-0.39, 0.29) is 17.7 Å². The molecule has 0 bridgehead atoms. The Kier molecular flexibility index (Phi) is 5.73. The van der Waals surface area contributed by atoms with Gasteiger partial charge in [0, 0.05) is 12.6 Å². The predicted molar refractivity (Wildman–Crippen MR) is 80.5 cm³/mol. The van der Waals surface area contributed by atoms with Crippen LogP contribution in [0.1, 0.15) is 38.8 Å². The first kappa shape index (κ1) is 16.7. The SMILES string of the molecule is CC(C)CN(C(C)C)S(=O)(=O)Cc1ccc(C#N)cc1. The van der Waals surface area contributed by atoms with E-state index in [1.165, 1.54) is 0 Å². The minimum absolute atomic E-state index is 0.0242. The zero-order valence-electron chi connectivity index (χ0n) is 12.5. The maximum Gasteiger partial charge on any atom is 0.218 e. The maximum absolute atomic E-state index is 12.5. The second kappa shape index (κ2) is 6.87. The summed E-state index contributed by atoms with van der Waals surface area (Å²) in [6, 6.07) is 8.66. The largest absolute Gasteiger partial charge is 0.218 e. The fourth-order valence-corrected chi connectivity index (χ4v) is 3.92. The Hall–Kier alpha value is -1.38. The van der Waals surface area contributed by atoms with Crippen LogP contribution in [0.25, 0.3) is 0 Å². The zero-order valence-corrected chi connectivity index (χ0v) is 13.3. The standard InChI is InChI=1S/C15H22N2O2S/c1-12(2)10-17(13(3)4)20(18,19)11-15-7-5-14(9-16)6-8-15/h5-8,12-13H,10-11H2,1-4H3. The molecule has 0 saturated carbocycles. The average molecular weight is 294 g/mol. The van der Waals surface area contributed by atoms with E-state index < -0.39 is 10.0 Å². The molecule has 4 nitrogen and oxygen atoms in total. The van der Waals surface area contributed by atoms with Gasteiger partial charge < -0.3 is 0 Å². The minimum atomic E-state index is -3.34. The summed E-state index contributed by atoms with van der Waals surface area (Å²) in [5.41, 5.74) is 1.24. The third-order valence-corrected chi connectivity index (χ3v) is 4.89. The Balaban J connectivity index is 2.93. The molecule has 0 N–H and O–H groups in total. The van der Waals surface area contributed by atoms with Crippen LogP contribution in [0, 0.1) is 17.2 Å². The summed E-state index contributed by atoms with van der Waals surface area (Å²) in [5, 5.41) is 8.74. The molecule has 5 heteroatoms. The van der Waals surface area contributed by atoms with Crippen LogP contribution in [-0.4, -0.2) is 25.3 Å². The van der Waals surface area contributed by atoms with Gasteiger partial charge in [0.15, 0.2) is 0 Å². The highest BCUT2D eigenvalue weighted by Gasteiger charge is 2.25. The summed E-state index contributed by atoms with van der Waals surface area (Å²) in [4.78, 5) is 0. The topological polar surface area (TPSA) is 61.2 Å². The van der Waals surface area contributed by atoms with Gasteiger partial charge in [-0.2, -0.15) is 9.57 Å². The Morgan fingerprint density at radius 3 is 2.10 bits per heavy atom. The molecule has 0 unspecified atom stereocenters. The van der Waals surface area contributed by atoms with Crippen molar-refractivity contribution in [3.63, 3.8) is 0 Å². The lowest BCUT2D eigenvalue weighted by Gasteiger charge is -2.27. The lowest BCUT2D eigenvalue weighted by atomic mass is 10.2. The van der Waals surface area contributed by atoms with Crippen molar-refractivity contribution in [2.45, 2.75) is 39.5 Å². The van der Waals surface area contributed by atoms with Gasteiger partial charge in [0.1, 0.15) is 0 Å². The highest BCUT2D eigenvalue weighted by molar-refractivity contribution is 7.88. The van der Waals surface area contributed by atoms with E-state index in [0.717, 1.165) is 0 Å². The Morgan fingerprint density at radius 1 is 1.15 bits per heavy atom. The summed E-state index contributed by atoms with van der Waals surface area (Å²) in [7, 11) is -3.34. The van der Waals surface area contributed by atoms with Gasteiger partial charge in [-0.05, 0) is 37.5 Å². The summed E-state index contributed by atoms with van der Waals surface area (Å²) in [5.74, 6) is 0.261. The van der Waals surface area contributed by atoms with Crippen LogP contribution < -0.4 is 0 Å². The number of sulfonamides is 1. The third kappa shape index (κ3) is 4.62. The zero-order chi connectivity index (χ0) is 15.3. The van der Waals surface area contributed by atoms with E-state index in [0.29, 0.717) is 17.7 Å². The lowest BCUT2D eigenvalue weighted by Crippen LogP contribution is -2.40. The Labute approximate surface area is 122 Å². The molecule has 0 amide bonds. The van der Waals surface area contributed by atoms with Crippen LogP contribution in [0.15, 0.2) is 24.3 Å². The van der Waals surface area contributed by atoms with Gasteiger partial charge >= 0.3 is 0 Å². The molecular weight excluding hydrogens is 272 g/mol. The highest BCUT2D eigenvalue weighted by Crippen LogP contribution is 2.16. The van der Waals surface area contributed by atoms with Gasteiger partial charge in [0.2, 0.25) is 10.0 Å². The summed E-state index contributed by atoms with van der Waals surface area (Å²) in [6.07, 6.45) is 0. The first-order chi connectivity index (χ1) is 9.26.